The molecule has 0 unspecified atom stereocenters. The highest BCUT2D eigenvalue weighted by atomic mass is 32.2. The molecule has 0 saturated heterocycles. The van der Waals surface area contributed by atoms with Crippen molar-refractivity contribution in [2.75, 3.05) is 6.61 Å². The highest BCUT2D eigenvalue weighted by molar-refractivity contribution is 7.90. The van der Waals surface area contributed by atoms with E-state index in [2.05, 4.69) is 0 Å². The fourth-order valence-electron chi connectivity index (χ4n) is 2.50. The van der Waals surface area contributed by atoms with E-state index in [0.717, 1.165) is 5.56 Å². The summed E-state index contributed by atoms with van der Waals surface area (Å²) >= 11 is 0. The van der Waals surface area contributed by atoms with Gasteiger partial charge in [0, 0.05) is 0 Å². The molecule has 2 aromatic carbocycles. The second-order valence-corrected chi connectivity index (χ2v) is 7.51. The highest BCUT2D eigenvalue weighted by Gasteiger charge is 2.26. The van der Waals surface area contributed by atoms with Crippen molar-refractivity contribution in [1.82, 2.24) is 4.15 Å². The number of aromatic nitrogens is 1. The summed E-state index contributed by atoms with van der Waals surface area (Å²) < 4.78 is 36.3. The Kier molecular flexibility index (Phi) is 4.69. The third-order valence-corrected chi connectivity index (χ3v) is 5.38. The summed E-state index contributed by atoms with van der Waals surface area (Å²) in [6, 6.07) is 10.4. The van der Waals surface area contributed by atoms with Crippen molar-refractivity contribution in [2.45, 2.75) is 25.2 Å². The van der Waals surface area contributed by atoms with Gasteiger partial charge >= 0.3 is 11.6 Å². The molecule has 8 heteroatoms. The average molecular weight is 375 g/mol. The van der Waals surface area contributed by atoms with Gasteiger partial charge in [0.25, 0.3) is 10.0 Å². The van der Waals surface area contributed by atoms with Crippen LogP contribution in [0.1, 0.15) is 29.3 Å². The number of hydrogen-bond acceptors (Lipinski definition) is 6. The number of ether oxygens (including phenoxy) is 1. The van der Waals surface area contributed by atoms with Crippen molar-refractivity contribution < 1.29 is 22.5 Å². The van der Waals surface area contributed by atoms with E-state index in [1.165, 1.54) is 30.3 Å². The monoisotopic (exact) mass is 375 g/mol. The molecule has 0 N–H and O–H groups in total. The van der Waals surface area contributed by atoms with Crippen molar-refractivity contribution >= 4 is 26.9 Å². The van der Waals surface area contributed by atoms with Gasteiger partial charge in [-0.1, -0.05) is 34.8 Å². The van der Waals surface area contributed by atoms with Crippen molar-refractivity contribution in [2.24, 2.45) is 0 Å². The standard InChI is InChI=1S/C18H17NO6S/c1-3-11-24-17(20)14-5-4-6-15-16(14)18(21)25-19(15)26(22,23)13-9-7-12(2)8-10-13/h4-10H,3,11H2,1-2H3. The lowest BCUT2D eigenvalue weighted by molar-refractivity contribution is 0.0507. The van der Waals surface area contributed by atoms with E-state index < -0.39 is 21.6 Å². The van der Waals surface area contributed by atoms with E-state index in [1.807, 2.05) is 13.8 Å². The fraction of sp³-hybridized carbons (Fsp3) is 0.222. The van der Waals surface area contributed by atoms with E-state index in [0.29, 0.717) is 10.6 Å². The maximum atomic E-state index is 12.8. The molecule has 0 aliphatic heterocycles. The summed E-state index contributed by atoms with van der Waals surface area (Å²) in [5.74, 6) is -0.699. The van der Waals surface area contributed by atoms with Gasteiger partial charge in [0.05, 0.1) is 17.1 Å². The fourth-order valence-corrected chi connectivity index (χ4v) is 3.75. The zero-order valence-corrected chi connectivity index (χ0v) is 15.1. The van der Waals surface area contributed by atoms with Crippen LogP contribution in [0.15, 0.2) is 56.7 Å². The third-order valence-electron chi connectivity index (χ3n) is 3.80. The third kappa shape index (κ3) is 3.03. The Morgan fingerprint density at radius 1 is 1.15 bits per heavy atom. The molecule has 0 radical (unpaired) electrons. The zero-order valence-electron chi connectivity index (χ0n) is 14.3. The number of nitrogens with zero attached hydrogens (tertiary/aromatic N) is 1. The summed E-state index contributed by atoms with van der Waals surface area (Å²) in [6.45, 7) is 3.87. The second-order valence-electron chi connectivity index (χ2n) is 5.76. The molecule has 0 fully saturated rings. The van der Waals surface area contributed by atoms with Gasteiger partial charge in [-0.3, -0.25) is 0 Å². The van der Waals surface area contributed by atoms with Crippen LogP contribution >= 0.6 is 0 Å². The predicted octanol–water partition coefficient (Wildman–Crippen LogP) is 2.71. The summed E-state index contributed by atoms with van der Waals surface area (Å²) in [5.41, 5.74) is -0.0625. The summed E-state index contributed by atoms with van der Waals surface area (Å²) in [6.07, 6.45) is 0.624. The van der Waals surface area contributed by atoms with Gasteiger partial charge in [0.1, 0.15) is 10.9 Å². The Balaban J connectivity index is 2.19. The summed E-state index contributed by atoms with van der Waals surface area (Å²) in [7, 11) is -4.12. The van der Waals surface area contributed by atoms with Crippen molar-refractivity contribution in [3.63, 3.8) is 0 Å². The topological polar surface area (TPSA) is 95.6 Å². The molecule has 0 saturated carbocycles. The minimum Gasteiger partial charge on any atom is -0.462 e. The van der Waals surface area contributed by atoms with Crippen LogP contribution in [-0.4, -0.2) is 25.1 Å². The zero-order chi connectivity index (χ0) is 18.9. The van der Waals surface area contributed by atoms with E-state index in [1.54, 1.807) is 12.1 Å². The minimum absolute atomic E-state index is 0.0125. The maximum absolute atomic E-state index is 12.8. The molecule has 0 atom stereocenters. The van der Waals surface area contributed by atoms with Crippen LogP contribution < -0.4 is 5.63 Å². The maximum Gasteiger partial charge on any atom is 0.367 e. The van der Waals surface area contributed by atoms with Gasteiger partial charge in [0.2, 0.25) is 0 Å². The van der Waals surface area contributed by atoms with Gasteiger partial charge < -0.3 is 9.26 Å². The number of benzene rings is 2. The number of fused-ring (bicyclic) bond motifs is 1. The summed E-state index contributed by atoms with van der Waals surface area (Å²) in [5, 5.41) is -0.121. The lowest BCUT2D eigenvalue weighted by Gasteiger charge is -2.06. The molecule has 7 nitrogen and oxygen atoms in total. The van der Waals surface area contributed by atoms with Gasteiger partial charge in [-0.05, 0) is 37.6 Å². The first-order valence-electron chi connectivity index (χ1n) is 8.00. The molecule has 136 valence electrons. The first-order chi connectivity index (χ1) is 12.4. The first kappa shape index (κ1) is 17.9. The highest BCUT2D eigenvalue weighted by Crippen LogP contribution is 2.22. The van der Waals surface area contributed by atoms with E-state index in [4.69, 9.17) is 9.26 Å². The normalized spacial score (nSPS) is 11.6. The largest absolute Gasteiger partial charge is 0.462 e. The second kappa shape index (κ2) is 6.80. The number of hydrogen-bond donors (Lipinski definition) is 0. The van der Waals surface area contributed by atoms with Crippen LogP contribution in [-0.2, 0) is 14.8 Å². The Morgan fingerprint density at radius 3 is 2.50 bits per heavy atom. The average Bonchev–Trinajstić information content (AvgIpc) is 2.98. The molecule has 3 rings (SSSR count). The van der Waals surface area contributed by atoms with Crippen molar-refractivity contribution in [1.29, 1.82) is 0 Å². The van der Waals surface area contributed by atoms with Crippen LogP contribution in [0.5, 0.6) is 0 Å². The number of carbonyl (C=O) groups excluding carboxylic acids is 1. The van der Waals surface area contributed by atoms with Gasteiger partial charge in [-0.15, -0.1) is 0 Å². The SMILES string of the molecule is CCCOC(=O)c1cccc2c1c(=O)on2S(=O)(=O)c1ccc(C)cc1. The predicted molar refractivity (Wildman–Crippen MR) is 94.8 cm³/mol. The molecular weight excluding hydrogens is 358 g/mol. The van der Waals surface area contributed by atoms with Gasteiger partial charge in [0.15, 0.2) is 0 Å². The van der Waals surface area contributed by atoms with Crippen molar-refractivity contribution in [3.05, 3.63) is 64.0 Å². The van der Waals surface area contributed by atoms with Gasteiger partial charge in [-0.2, -0.15) is 8.42 Å². The van der Waals surface area contributed by atoms with E-state index in [-0.39, 0.29) is 28.0 Å². The lowest BCUT2D eigenvalue weighted by Crippen LogP contribution is -2.12. The quantitative estimate of drug-likeness (QED) is 0.636. The molecule has 0 amide bonds. The van der Waals surface area contributed by atoms with E-state index >= 15 is 0 Å². The summed E-state index contributed by atoms with van der Waals surface area (Å²) in [4.78, 5) is 24.4. The van der Waals surface area contributed by atoms with Crippen LogP contribution in [0.3, 0.4) is 0 Å². The Bertz CT molecular complexity index is 1120. The minimum atomic E-state index is -4.12. The van der Waals surface area contributed by atoms with Crippen LogP contribution in [0, 0.1) is 6.92 Å². The Hall–Kier alpha value is -2.87. The number of aryl methyl sites for hydroxylation is 1. The molecule has 0 aliphatic rings. The smallest absolute Gasteiger partial charge is 0.367 e. The first-order valence-corrected chi connectivity index (χ1v) is 9.44. The number of carbonyl (C=O) groups is 1. The van der Waals surface area contributed by atoms with E-state index in [9.17, 15) is 18.0 Å². The molecule has 26 heavy (non-hydrogen) atoms. The molecule has 3 aromatic rings. The Morgan fingerprint density at radius 2 is 1.85 bits per heavy atom. The van der Waals surface area contributed by atoms with Crippen molar-refractivity contribution in [3.8, 4) is 0 Å². The molecular formula is C18H17NO6S. The van der Waals surface area contributed by atoms with Crippen LogP contribution in [0.4, 0.5) is 0 Å². The molecule has 1 heterocycles. The van der Waals surface area contributed by atoms with Crippen LogP contribution in [0.25, 0.3) is 10.9 Å². The molecule has 1 aromatic heterocycles. The van der Waals surface area contributed by atoms with Crippen LogP contribution in [0.2, 0.25) is 0 Å². The molecule has 0 spiro atoms. The Labute approximate surface area is 149 Å². The lowest BCUT2D eigenvalue weighted by atomic mass is 10.1. The molecule has 0 aliphatic carbocycles. The molecule has 0 bridgehead atoms. The number of rotatable bonds is 5. The van der Waals surface area contributed by atoms with Gasteiger partial charge in [-0.25, -0.2) is 9.59 Å². The number of esters is 1.